The number of halogens is 2. The fourth-order valence-electron chi connectivity index (χ4n) is 1.20. The zero-order chi connectivity index (χ0) is 11.5. The fraction of sp³-hybridized carbons (Fsp3) is 0.200. The van der Waals surface area contributed by atoms with Crippen molar-refractivity contribution in [3.8, 4) is 0 Å². The number of anilines is 1. The molecule has 1 aromatic carbocycles. The normalized spacial score (nSPS) is 10.4. The molecular formula is C10H9Cl2N3O. The Morgan fingerprint density at radius 1 is 1.31 bits per heavy atom. The van der Waals surface area contributed by atoms with E-state index in [0.29, 0.717) is 28.3 Å². The highest BCUT2D eigenvalue weighted by Crippen LogP contribution is 2.25. The summed E-state index contributed by atoms with van der Waals surface area (Å²) in [5.41, 5.74) is 0.852. The van der Waals surface area contributed by atoms with Gasteiger partial charge >= 0.3 is 0 Å². The van der Waals surface area contributed by atoms with Crippen LogP contribution in [0.25, 0.3) is 0 Å². The predicted octanol–water partition coefficient (Wildman–Crippen LogP) is 3.30. The summed E-state index contributed by atoms with van der Waals surface area (Å²) in [6, 6.07) is 5.30. The van der Waals surface area contributed by atoms with Crippen LogP contribution in [0.3, 0.4) is 0 Å². The van der Waals surface area contributed by atoms with Gasteiger partial charge in [-0.05, 0) is 25.1 Å². The molecule has 0 aliphatic heterocycles. The van der Waals surface area contributed by atoms with E-state index in [1.165, 1.54) is 0 Å². The Morgan fingerprint density at radius 2 is 2.12 bits per heavy atom. The second kappa shape index (κ2) is 4.72. The van der Waals surface area contributed by atoms with Crippen molar-refractivity contribution in [3.05, 3.63) is 40.0 Å². The van der Waals surface area contributed by atoms with Crippen LogP contribution in [0.2, 0.25) is 10.0 Å². The maximum atomic E-state index is 5.88. The van der Waals surface area contributed by atoms with Gasteiger partial charge in [0, 0.05) is 5.69 Å². The molecule has 0 unspecified atom stereocenters. The van der Waals surface area contributed by atoms with Crippen molar-refractivity contribution in [2.24, 2.45) is 0 Å². The standard InChI is InChI=1S/C10H9Cl2N3O/c1-6-14-10(16-15-6)5-13-7-2-3-8(11)9(12)4-7/h2-4,13H,5H2,1H3. The summed E-state index contributed by atoms with van der Waals surface area (Å²) >= 11 is 11.7. The van der Waals surface area contributed by atoms with Crippen LogP contribution in [0, 0.1) is 6.92 Å². The van der Waals surface area contributed by atoms with Crippen molar-refractivity contribution < 1.29 is 4.52 Å². The van der Waals surface area contributed by atoms with E-state index in [1.807, 2.05) is 6.07 Å². The van der Waals surface area contributed by atoms with E-state index < -0.39 is 0 Å². The summed E-state index contributed by atoms with van der Waals surface area (Å²) in [6.07, 6.45) is 0. The Balaban J connectivity index is 2.02. The Kier molecular flexibility index (Phi) is 3.31. The first-order chi connectivity index (χ1) is 7.65. The van der Waals surface area contributed by atoms with Crippen molar-refractivity contribution in [3.63, 3.8) is 0 Å². The molecular weight excluding hydrogens is 249 g/mol. The topological polar surface area (TPSA) is 51.0 Å². The van der Waals surface area contributed by atoms with Crippen molar-refractivity contribution in [2.45, 2.75) is 13.5 Å². The minimum absolute atomic E-state index is 0.457. The van der Waals surface area contributed by atoms with Crippen LogP contribution < -0.4 is 5.32 Å². The molecule has 6 heteroatoms. The smallest absolute Gasteiger partial charge is 0.245 e. The monoisotopic (exact) mass is 257 g/mol. The molecule has 0 saturated heterocycles. The zero-order valence-electron chi connectivity index (χ0n) is 8.50. The van der Waals surface area contributed by atoms with Crippen LogP contribution in [0.1, 0.15) is 11.7 Å². The first kappa shape index (κ1) is 11.2. The van der Waals surface area contributed by atoms with Gasteiger partial charge in [-0.3, -0.25) is 0 Å². The molecule has 0 saturated carbocycles. The van der Waals surface area contributed by atoms with Crippen molar-refractivity contribution in [1.82, 2.24) is 10.1 Å². The number of hydrogen-bond acceptors (Lipinski definition) is 4. The van der Waals surface area contributed by atoms with Gasteiger partial charge in [0.25, 0.3) is 0 Å². The Hall–Kier alpha value is -1.26. The number of nitrogens with zero attached hydrogens (tertiary/aromatic N) is 2. The molecule has 2 aromatic rings. The minimum atomic E-state index is 0.457. The average molecular weight is 258 g/mol. The molecule has 0 aliphatic carbocycles. The summed E-state index contributed by atoms with van der Waals surface area (Å²) < 4.78 is 4.96. The van der Waals surface area contributed by atoms with E-state index in [4.69, 9.17) is 27.7 Å². The van der Waals surface area contributed by atoms with Crippen LogP contribution in [0.5, 0.6) is 0 Å². The lowest BCUT2D eigenvalue weighted by Gasteiger charge is -2.04. The molecule has 0 bridgehead atoms. The van der Waals surface area contributed by atoms with Gasteiger partial charge in [0.1, 0.15) is 0 Å². The van der Waals surface area contributed by atoms with Gasteiger partial charge in [-0.2, -0.15) is 4.98 Å². The molecule has 4 nitrogen and oxygen atoms in total. The lowest BCUT2D eigenvalue weighted by atomic mass is 10.3. The fourth-order valence-corrected chi connectivity index (χ4v) is 1.49. The number of nitrogens with one attached hydrogen (secondary N) is 1. The third-order valence-electron chi connectivity index (χ3n) is 1.93. The predicted molar refractivity (Wildman–Crippen MR) is 62.8 cm³/mol. The van der Waals surface area contributed by atoms with Gasteiger partial charge in [-0.15, -0.1) is 0 Å². The van der Waals surface area contributed by atoms with Crippen molar-refractivity contribution >= 4 is 28.9 Å². The molecule has 0 atom stereocenters. The molecule has 0 aliphatic rings. The molecule has 1 N–H and O–H groups in total. The SMILES string of the molecule is Cc1noc(CNc2ccc(Cl)c(Cl)c2)n1. The van der Waals surface area contributed by atoms with Crippen LogP contribution >= 0.6 is 23.2 Å². The van der Waals surface area contributed by atoms with Gasteiger partial charge in [-0.1, -0.05) is 28.4 Å². The zero-order valence-corrected chi connectivity index (χ0v) is 10.0. The Labute approximate surface area is 103 Å². The maximum absolute atomic E-state index is 5.88. The molecule has 0 fully saturated rings. The quantitative estimate of drug-likeness (QED) is 0.917. The van der Waals surface area contributed by atoms with E-state index in [9.17, 15) is 0 Å². The number of rotatable bonds is 3. The summed E-state index contributed by atoms with van der Waals surface area (Å²) in [6.45, 7) is 2.23. The number of benzene rings is 1. The third-order valence-corrected chi connectivity index (χ3v) is 2.67. The number of aryl methyl sites for hydroxylation is 1. The van der Waals surface area contributed by atoms with E-state index in [0.717, 1.165) is 5.69 Å². The lowest BCUT2D eigenvalue weighted by molar-refractivity contribution is 0.379. The molecule has 1 heterocycles. The molecule has 84 valence electrons. The summed E-state index contributed by atoms with van der Waals surface area (Å²) in [5, 5.41) is 7.83. The highest BCUT2D eigenvalue weighted by Gasteiger charge is 2.03. The van der Waals surface area contributed by atoms with E-state index in [-0.39, 0.29) is 0 Å². The summed E-state index contributed by atoms with van der Waals surface area (Å²) in [5.74, 6) is 1.15. The van der Waals surface area contributed by atoms with Crippen molar-refractivity contribution in [2.75, 3.05) is 5.32 Å². The molecule has 16 heavy (non-hydrogen) atoms. The van der Waals surface area contributed by atoms with Gasteiger partial charge in [-0.25, -0.2) is 0 Å². The van der Waals surface area contributed by atoms with E-state index in [1.54, 1.807) is 19.1 Å². The summed E-state index contributed by atoms with van der Waals surface area (Å²) in [7, 11) is 0. The largest absolute Gasteiger partial charge is 0.376 e. The van der Waals surface area contributed by atoms with E-state index in [2.05, 4.69) is 15.5 Å². The molecule has 0 amide bonds. The highest BCUT2D eigenvalue weighted by atomic mass is 35.5. The van der Waals surface area contributed by atoms with Crippen LogP contribution in [0.15, 0.2) is 22.7 Å². The molecule has 0 spiro atoms. The molecule has 2 rings (SSSR count). The summed E-state index contributed by atoms with van der Waals surface area (Å²) in [4.78, 5) is 4.07. The van der Waals surface area contributed by atoms with Crippen LogP contribution in [-0.2, 0) is 6.54 Å². The number of hydrogen-bond donors (Lipinski definition) is 1. The van der Waals surface area contributed by atoms with E-state index >= 15 is 0 Å². The number of aromatic nitrogens is 2. The third kappa shape index (κ3) is 2.65. The average Bonchev–Trinajstić information content (AvgIpc) is 2.66. The van der Waals surface area contributed by atoms with Crippen molar-refractivity contribution in [1.29, 1.82) is 0 Å². The highest BCUT2D eigenvalue weighted by molar-refractivity contribution is 6.42. The maximum Gasteiger partial charge on any atom is 0.245 e. The lowest BCUT2D eigenvalue weighted by Crippen LogP contribution is -1.99. The van der Waals surface area contributed by atoms with Crippen LogP contribution in [0.4, 0.5) is 5.69 Å². The Bertz CT molecular complexity index is 499. The van der Waals surface area contributed by atoms with Gasteiger partial charge in [0.15, 0.2) is 5.82 Å². The van der Waals surface area contributed by atoms with Crippen LogP contribution in [-0.4, -0.2) is 10.1 Å². The Morgan fingerprint density at radius 3 is 2.75 bits per heavy atom. The first-order valence-corrected chi connectivity index (χ1v) is 5.39. The molecule has 1 aromatic heterocycles. The van der Waals surface area contributed by atoms with Gasteiger partial charge in [0.2, 0.25) is 5.89 Å². The second-order valence-electron chi connectivity index (χ2n) is 3.22. The minimum Gasteiger partial charge on any atom is -0.376 e. The molecule has 0 radical (unpaired) electrons. The van der Waals surface area contributed by atoms with Gasteiger partial charge < -0.3 is 9.84 Å². The first-order valence-electron chi connectivity index (χ1n) is 4.63. The van der Waals surface area contributed by atoms with Gasteiger partial charge in [0.05, 0.1) is 16.6 Å². The second-order valence-corrected chi connectivity index (χ2v) is 4.03.